The van der Waals surface area contributed by atoms with Gasteiger partial charge in [-0.05, 0) is 32.5 Å². The molecule has 0 aliphatic heterocycles. The number of carbonyl (C=O) groups is 1. The number of thiocarbonyl (C=S) groups is 1. The molecule has 0 aliphatic carbocycles. The lowest BCUT2D eigenvalue weighted by molar-refractivity contribution is -0.144. The Morgan fingerprint density at radius 1 is 1.50 bits per heavy atom. The topological polar surface area (TPSA) is 50.4 Å². The third-order valence-electron chi connectivity index (χ3n) is 1.52. The normalized spacial score (nSPS) is 11.6. The van der Waals surface area contributed by atoms with Crippen molar-refractivity contribution in [2.45, 2.75) is 33.2 Å². The van der Waals surface area contributed by atoms with E-state index in [0.717, 1.165) is 13.0 Å². The number of nitrogens with one attached hydrogen (secondary N) is 2. The Balaban J connectivity index is 3.75. The second-order valence-corrected chi connectivity index (χ2v) is 3.28. The fourth-order valence-electron chi connectivity index (χ4n) is 0.812. The van der Waals surface area contributed by atoms with Crippen LogP contribution in [0, 0.1) is 0 Å². The summed E-state index contributed by atoms with van der Waals surface area (Å²) in [5, 5.41) is 6.31. The van der Waals surface area contributed by atoms with Crippen molar-refractivity contribution in [2.24, 2.45) is 0 Å². The summed E-state index contributed by atoms with van der Waals surface area (Å²) < 4.78 is 4.82. The molecule has 4 nitrogen and oxygen atoms in total. The maximum Gasteiger partial charge on any atom is 0.328 e. The van der Waals surface area contributed by atoms with Crippen LogP contribution in [0.5, 0.6) is 0 Å². The third-order valence-corrected chi connectivity index (χ3v) is 1.79. The molecule has 0 rings (SSSR count). The van der Waals surface area contributed by atoms with Crippen molar-refractivity contribution in [3.05, 3.63) is 0 Å². The molecule has 0 aromatic carbocycles. The van der Waals surface area contributed by atoms with Crippen LogP contribution in [0.15, 0.2) is 0 Å². The summed E-state index contributed by atoms with van der Waals surface area (Å²) in [4.78, 5) is 11.2. The average molecular weight is 218 g/mol. The molecule has 0 aromatic heterocycles. The second-order valence-electron chi connectivity index (χ2n) is 2.87. The Labute approximate surface area is 90.4 Å². The highest BCUT2D eigenvalue weighted by atomic mass is 32.1. The number of hydrogen-bond donors (Lipinski definition) is 2. The van der Waals surface area contributed by atoms with E-state index in [9.17, 15) is 4.79 Å². The van der Waals surface area contributed by atoms with Crippen LogP contribution in [0.1, 0.15) is 27.2 Å². The highest BCUT2D eigenvalue weighted by Gasteiger charge is 2.13. The van der Waals surface area contributed by atoms with E-state index in [0.29, 0.717) is 11.7 Å². The Kier molecular flexibility index (Phi) is 7.10. The van der Waals surface area contributed by atoms with Gasteiger partial charge in [-0.15, -0.1) is 0 Å². The number of esters is 1. The first-order valence-corrected chi connectivity index (χ1v) is 5.23. The molecule has 0 fully saturated rings. The first-order valence-electron chi connectivity index (χ1n) is 4.82. The van der Waals surface area contributed by atoms with Gasteiger partial charge in [0, 0.05) is 6.54 Å². The quantitative estimate of drug-likeness (QED) is 0.528. The van der Waals surface area contributed by atoms with Gasteiger partial charge in [0.05, 0.1) is 6.61 Å². The van der Waals surface area contributed by atoms with Gasteiger partial charge in [-0.2, -0.15) is 0 Å². The van der Waals surface area contributed by atoms with E-state index in [-0.39, 0.29) is 5.97 Å². The van der Waals surface area contributed by atoms with Crippen LogP contribution in [-0.2, 0) is 9.53 Å². The van der Waals surface area contributed by atoms with Crippen molar-refractivity contribution in [1.82, 2.24) is 10.6 Å². The SMILES string of the molecule is CCCNC(=S)NC(C)C(=O)OCC. The molecule has 5 heteroatoms. The van der Waals surface area contributed by atoms with Crippen LogP contribution in [0.4, 0.5) is 0 Å². The zero-order valence-corrected chi connectivity index (χ0v) is 9.74. The molecule has 0 amide bonds. The van der Waals surface area contributed by atoms with Gasteiger partial charge in [0.1, 0.15) is 6.04 Å². The van der Waals surface area contributed by atoms with Gasteiger partial charge in [-0.25, -0.2) is 4.79 Å². The van der Waals surface area contributed by atoms with Crippen molar-refractivity contribution in [2.75, 3.05) is 13.2 Å². The summed E-state index contributed by atoms with van der Waals surface area (Å²) in [6.45, 7) is 6.74. The summed E-state index contributed by atoms with van der Waals surface area (Å²) in [5.74, 6) is -0.284. The zero-order chi connectivity index (χ0) is 11.0. The van der Waals surface area contributed by atoms with Crippen LogP contribution >= 0.6 is 12.2 Å². The van der Waals surface area contributed by atoms with E-state index in [1.54, 1.807) is 13.8 Å². The molecule has 0 saturated carbocycles. The first kappa shape index (κ1) is 13.2. The van der Waals surface area contributed by atoms with Crippen molar-refractivity contribution >= 4 is 23.3 Å². The molecule has 2 N–H and O–H groups in total. The van der Waals surface area contributed by atoms with Gasteiger partial charge in [-0.1, -0.05) is 6.92 Å². The molecular formula is C9H18N2O2S. The second kappa shape index (κ2) is 7.55. The molecule has 0 saturated heterocycles. The van der Waals surface area contributed by atoms with Gasteiger partial charge in [0.25, 0.3) is 0 Å². The monoisotopic (exact) mass is 218 g/mol. The predicted molar refractivity (Wildman–Crippen MR) is 60.1 cm³/mol. The largest absolute Gasteiger partial charge is 0.464 e. The minimum Gasteiger partial charge on any atom is -0.464 e. The summed E-state index contributed by atoms with van der Waals surface area (Å²) in [7, 11) is 0. The van der Waals surface area contributed by atoms with Gasteiger partial charge in [0.2, 0.25) is 0 Å². The van der Waals surface area contributed by atoms with Crippen molar-refractivity contribution in [3.63, 3.8) is 0 Å². The smallest absolute Gasteiger partial charge is 0.328 e. The lowest BCUT2D eigenvalue weighted by Crippen LogP contribution is -2.45. The number of hydrogen-bond acceptors (Lipinski definition) is 3. The lowest BCUT2D eigenvalue weighted by atomic mass is 10.3. The molecule has 0 aromatic rings. The van der Waals surface area contributed by atoms with E-state index in [4.69, 9.17) is 17.0 Å². The van der Waals surface area contributed by atoms with Crippen molar-refractivity contribution in [3.8, 4) is 0 Å². The Bertz CT molecular complexity index is 197. The molecule has 1 unspecified atom stereocenters. The number of rotatable bonds is 5. The Hall–Kier alpha value is -0.840. The van der Waals surface area contributed by atoms with Gasteiger partial charge in [-0.3, -0.25) is 0 Å². The fourth-order valence-corrected chi connectivity index (χ4v) is 1.09. The lowest BCUT2D eigenvalue weighted by Gasteiger charge is -2.15. The maximum atomic E-state index is 11.2. The molecule has 0 heterocycles. The van der Waals surface area contributed by atoms with Crippen LogP contribution in [0.3, 0.4) is 0 Å². The standard InChI is InChI=1S/C9H18N2O2S/c1-4-6-10-9(14)11-7(3)8(12)13-5-2/h7H,4-6H2,1-3H3,(H2,10,11,14). The first-order chi connectivity index (χ1) is 6.61. The maximum absolute atomic E-state index is 11.2. The van der Waals surface area contributed by atoms with E-state index in [1.807, 2.05) is 6.92 Å². The van der Waals surface area contributed by atoms with Gasteiger partial charge in [0.15, 0.2) is 5.11 Å². The Morgan fingerprint density at radius 3 is 2.64 bits per heavy atom. The minimum absolute atomic E-state index is 0.284. The van der Waals surface area contributed by atoms with Crippen LogP contribution < -0.4 is 10.6 Å². The number of ether oxygens (including phenoxy) is 1. The molecule has 0 radical (unpaired) electrons. The average Bonchev–Trinajstić information content (AvgIpc) is 2.15. The van der Waals surface area contributed by atoms with E-state index >= 15 is 0 Å². The molecule has 14 heavy (non-hydrogen) atoms. The predicted octanol–water partition coefficient (Wildman–Crippen LogP) is 0.812. The summed E-state index contributed by atoms with van der Waals surface area (Å²) in [5.41, 5.74) is 0. The minimum atomic E-state index is -0.396. The van der Waals surface area contributed by atoms with Gasteiger partial charge >= 0.3 is 5.97 Å². The van der Waals surface area contributed by atoms with E-state index < -0.39 is 6.04 Å². The summed E-state index contributed by atoms with van der Waals surface area (Å²) >= 11 is 4.97. The molecule has 82 valence electrons. The molecule has 1 atom stereocenters. The van der Waals surface area contributed by atoms with Gasteiger partial charge < -0.3 is 15.4 Å². The molecule has 0 bridgehead atoms. The van der Waals surface area contributed by atoms with Crippen molar-refractivity contribution < 1.29 is 9.53 Å². The third kappa shape index (κ3) is 5.75. The van der Waals surface area contributed by atoms with Crippen LogP contribution in [-0.4, -0.2) is 30.3 Å². The van der Waals surface area contributed by atoms with Crippen LogP contribution in [0.25, 0.3) is 0 Å². The highest BCUT2D eigenvalue weighted by molar-refractivity contribution is 7.80. The zero-order valence-electron chi connectivity index (χ0n) is 8.92. The summed E-state index contributed by atoms with van der Waals surface area (Å²) in [6.07, 6.45) is 0.996. The fraction of sp³-hybridized carbons (Fsp3) is 0.778. The molecule has 0 aliphatic rings. The Morgan fingerprint density at radius 2 is 2.14 bits per heavy atom. The molecular weight excluding hydrogens is 200 g/mol. The summed E-state index contributed by atoms with van der Waals surface area (Å²) in [6, 6.07) is -0.396. The van der Waals surface area contributed by atoms with E-state index in [1.165, 1.54) is 0 Å². The van der Waals surface area contributed by atoms with E-state index in [2.05, 4.69) is 10.6 Å². The highest BCUT2D eigenvalue weighted by Crippen LogP contribution is 1.87. The van der Waals surface area contributed by atoms with Crippen LogP contribution in [0.2, 0.25) is 0 Å². The van der Waals surface area contributed by atoms with Crippen molar-refractivity contribution in [1.29, 1.82) is 0 Å². The number of carbonyl (C=O) groups excluding carboxylic acids is 1. The molecule has 0 spiro atoms.